The Kier molecular flexibility index (Phi) is 5.56. The Balaban J connectivity index is 1.97. The summed E-state index contributed by atoms with van der Waals surface area (Å²) in [7, 11) is 4.11. The first-order chi connectivity index (χ1) is 9.70. The zero-order chi connectivity index (χ0) is 14.4. The second-order valence-corrected chi connectivity index (χ2v) is 5.97. The van der Waals surface area contributed by atoms with E-state index < -0.39 is 0 Å². The van der Waals surface area contributed by atoms with Crippen molar-refractivity contribution in [2.24, 2.45) is 0 Å². The number of anilines is 1. The van der Waals surface area contributed by atoms with E-state index in [9.17, 15) is 0 Å². The molecule has 0 aliphatic rings. The van der Waals surface area contributed by atoms with Crippen molar-refractivity contribution in [1.29, 1.82) is 0 Å². The summed E-state index contributed by atoms with van der Waals surface area (Å²) in [4.78, 5) is 6.80. The van der Waals surface area contributed by atoms with Crippen LogP contribution in [-0.2, 0) is 6.54 Å². The molecule has 4 heteroatoms. The van der Waals surface area contributed by atoms with Gasteiger partial charge in [-0.15, -0.1) is 11.3 Å². The van der Waals surface area contributed by atoms with Gasteiger partial charge in [-0.25, -0.2) is 4.98 Å². The molecule has 0 aliphatic heterocycles. The van der Waals surface area contributed by atoms with Crippen LogP contribution in [0.1, 0.15) is 25.5 Å². The zero-order valence-corrected chi connectivity index (χ0v) is 13.3. The van der Waals surface area contributed by atoms with Crippen molar-refractivity contribution in [2.75, 3.05) is 25.5 Å². The van der Waals surface area contributed by atoms with E-state index in [0.29, 0.717) is 0 Å². The van der Waals surface area contributed by atoms with Crippen LogP contribution in [0.25, 0.3) is 10.6 Å². The summed E-state index contributed by atoms with van der Waals surface area (Å²) in [5.74, 6) is 0. The molecule has 0 unspecified atom stereocenters. The molecule has 0 saturated heterocycles. The Morgan fingerprint density at radius 1 is 1.20 bits per heavy atom. The molecule has 3 nitrogen and oxygen atoms in total. The molecule has 0 radical (unpaired) electrons. The third-order valence-electron chi connectivity index (χ3n) is 3.20. The first kappa shape index (κ1) is 15.0. The molecule has 20 heavy (non-hydrogen) atoms. The van der Waals surface area contributed by atoms with Crippen LogP contribution in [0.2, 0.25) is 0 Å². The van der Waals surface area contributed by atoms with Crippen molar-refractivity contribution in [3.8, 4) is 10.6 Å². The Morgan fingerprint density at radius 2 is 1.95 bits per heavy atom. The Labute approximate surface area is 125 Å². The van der Waals surface area contributed by atoms with Gasteiger partial charge in [0.1, 0.15) is 5.01 Å². The van der Waals surface area contributed by atoms with Gasteiger partial charge in [0.25, 0.3) is 0 Å². The van der Waals surface area contributed by atoms with Crippen molar-refractivity contribution < 1.29 is 0 Å². The van der Waals surface area contributed by atoms with Gasteiger partial charge in [0.2, 0.25) is 0 Å². The molecule has 2 rings (SSSR count). The highest BCUT2D eigenvalue weighted by Gasteiger charge is 2.05. The topological polar surface area (TPSA) is 28.2 Å². The monoisotopic (exact) mass is 289 g/mol. The first-order valence-electron chi connectivity index (χ1n) is 7.13. The molecule has 0 atom stereocenters. The Hall–Kier alpha value is -1.39. The average molecular weight is 289 g/mol. The third-order valence-corrected chi connectivity index (χ3v) is 4.14. The molecule has 1 aromatic heterocycles. The molecule has 1 heterocycles. The van der Waals surface area contributed by atoms with Crippen LogP contribution in [0.4, 0.5) is 5.69 Å². The minimum absolute atomic E-state index is 0.867. The summed E-state index contributed by atoms with van der Waals surface area (Å²) in [5, 5.41) is 6.68. The molecule has 108 valence electrons. The van der Waals surface area contributed by atoms with Crippen molar-refractivity contribution in [1.82, 2.24) is 10.3 Å². The number of benzene rings is 1. The molecule has 0 amide bonds. The van der Waals surface area contributed by atoms with E-state index in [1.807, 2.05) is 0 Å². The van der Waals surface area contributed by atoms with Crippen molar-refractivity contribution in [3.63, 3.8) is 0 Å². The normalized spacial score (nSPS) is 10.8. The highest BCUT2D eigenvalue weighted by molar-refractivity contribution is 7.13. The lowest BCUT2D eigenvalue weighted by molar-refractivity contribution is 0.635. The molecule has 0 bridgehead atoms. The lowest BCUT2D eigenvalue weighted by Crippen LogP contribution is -2.14. The van der Waals surface area contributed by atoms with Gasteiger partial charge in [-0.05, 0) is 37.2 Å². The quantitative estimate of drug-likeness (QED) is 0.787. The summed E-state index contributed by atoms with van der Waals surface area (Å²) < 4.78 is 0. The minimum Gasteiger partial charge on any atom is -0.378 e. The maximum absolute atomic E-state index is 4.70. The number of unbranched alkanes of at least 4 members (excludes halogenated alkanes) is 1. The molecule has 1 N–H and O–H groups in total. The summed E-state index contributed by atoms with van der Waals surface area (Å²) >= 11 is 1.72. The van der Waals surface area contributed by atoms with E-state index in [0.717, 1.165) is 23.8 Å². The minimum atomic E-state index is 0.867. The number of hydrogen-bond donors (Lipinski definition) is 1. The molecular weight excluding hydrogens is 266 g/mol. The number of nitrogens with zero attached hydrogens (tertiary/aromatic N) is 2. The van der Waals surface area contributed by atoms with Gasteiger partial charge < -0.3 is 10.2 Å². The number of rotatable bonds is 7. The van der Waals surface area contributed by atoms with Gasteiger partial charge in [0.05, 0.1) is 5.69 Å². The van der Waals surface area contributed by atoms with Crippen LogP contribution in [0.5, 0.6) is 0 Å². The fourth-order valence-electron chi connectivity index (χ4n) is 1.94. The maximum atomic E-state index is 4.70. The van der Waals surface area contributed by atoms with E-state index in [1.165, 1.54) is 24.1 Å². The number of hydrogen-bond acceptors (Lipinski definition) is 4. The number of nitrogens with one attached hydrogen (secondary N) is 1. The van der Waals surface area contributed by atoms with Gasteiger partial charge in [-0.2, -0.15) is 0 Å². The van der Waals surface area contributed by atoms with Crippen LogP contribution in [0.15, 0.2) is 29.6 Å². The molecule has 0 fully saturated rings. The van der Waals surface area contributed by atoms with E-state index in [4.69, 9.17) is 4.98 Å². The number of thiazole rings is 1. The van der Waals surface area contributed by atoms with Crippen molar-refractivity contribution >= 4 is 17.0 Å². The van der Waals surface area contributed by atoms with Crippen molar-refractivity contribution in [2.45, 2.75) is 26.3 Å². The summed E-state index contributed by atoms with van der Waals surface area (Å²) in [6.07, 6.45) is 2.45. The van der Waals surface area contributed by atoms with E-state index in [1.54, 1.807) is 11.3 Å². The largest absolute Gasteiger partial charge is 0.378 e. The van der Waals surface area contributed by atoms with Gasteiger partial charge in [0.15, 0.2) is 0 Å². The standard InChI is InChI=1S/C16H23N3S/c1-4-5-10-17-11-14-12-20-16(18-14)13-6-8-15(9-7-13)19(2)3/h6-9,12,17H,4-5,10-11H2,1-3H3. The van der Waals surface area contributed by atoms with Crippen LogP contribution < -0.4 is 10.2 Å². The van der Waals surface area contributed by atoms with Gasteiger partial charge in [-0.1, -0.05) is 13.3 Å². The zero-order valence-electron chi connectivity index (χ0n) is 12.5. The van der Waals surface area contributed by atoms with Crippen LogP contribution in [0, 0.1) is 0 Å². The van der Waals surface area contributed by atoms with E-state index >= 15 is 0 Å². The molecule has 0 saturated carbocycles. The molecule has 0 aliphatic carbocycles. The summed E-state index contributed by atoms with van der Waals surface area (Å²) in [6.45, 7) is 4.15. The fraction of sp³-hybridized carbons (Fsp3) is 0.438. The lowest BCUT2D eigenvalue weighted by Gasteiger charge is -2.11. The van der Waals surface area contributed by atoms with Crippen LogP contribution >= 0.6 is 11.3 Å². The second-order valence-electron chi connectivity index (χ2n) is 5.12. The maximum Gasteiger partial charge on any atom is 0.123 e. The van der Waals surface area contributed by atoms with Crippen LogP contribution in [0.3, 0.4) is 0 Å². The molecule has 1 aromatic carbocycles. The smallest absolute Gasteiger partial charge is 0.123 e. The number of aromatic nitrogens is 1. The Morgan fingerprint density at radius 3 is 2.60 bits per heavy atom. The molecule has 2 aromatic rings. The highest BCUT2D eigenvalue weighted by Crippen LogP contribution is 2.25. The van der Waals surface area contributed by atoms with Crippen LogP contribution in [-0.4, -0.2) is 25.6 Å². The lowest BCUT2D eigenvalue weighted by atomic mass is 10.2. The predicted molar refractivity (Wildman–Crippen MR) is 88.5 cm³/mol. The fourth-order valence-corrected chi connectivity index (χ4v) is 2.77. The Bertz CT molecular complexity index is 517. The average Bonchev–Trinajstić information content (AvgIpc) is 2.92. The molecular formula is C16H23N3S. The van der Waals surface area contributed by atoms with E-state index in [2.05, 4.69) is 60.9 Å². The van der Waals surface area contributed by atoms with Gasteiger partial charge in [0, 0.05) is 37.3 Å². The van der Waals surface area contributed by atoms with Gasteiger partial charge >= 0.3 is 0 Å². The van der Waals surface area contributed by atoms with Gasteiger partial charge in [-0.3, -0.25) is 0 Å². The summed E-state index contributed by atoms with van der Waals surface area (Å²) in [6, 6.07) is 8.55. The summed E-state index contributed by atoms with van der Waals surface area (Å²) in [5.41, 5.74) is 3.55. The first-order valence-corrected chi connectivity index (χ1v) is 8.01. The molecule has 0 spiro atoms. The SMILES string of the molecule is CCCCNCc1csc(-c2ccc(N(C)C)cc2)n1. The van der Waals surface area contributed by atoms with E-state index in [-0.39, 0.29) is 0 Å². The highest BCUT2D eigenvalue weighted by atomic mass is 32.1. The third kappa shape index (κ3) is 4.05. The second kappa shape index (κ2) is 7.41. The predicted octanol–water partition coefficient (Wildman–Crippen LogP) is 3.77. The van der Waals surface area contributed by atoms with Crippen molar-refractivity contribution in [3.05, 3.63) is 35.3 Å².